The molecule has 6 atom stereocenters. The topological polar surface area (TPSA) is 163 Å². The van der Waals surface area contributed by atoms with Crippen LogP contribution >= 0.6 is 0 Å². The van der Waals surface area contributed by atoms with E-state index >= 15 is 0 Å². The van der Waals surface area contributed by atoms with Crippen LogP contribution in [0, 0.1) is 0 Å². The molecule has 4 aliphatic rings. The van der Waals surface area contributed by atoms with E-state index < -0.39 is 49.6 Å². The Hall–Kier alpha value is -3.82. The van der Waals surface area contributed by atoms with E-state index in [0.29, 0.717) is 0 Å². The molecule has 2 saturated heterocycles. The van der Waals surface area contributed by atoms with Gasteiger partial charge < -0.3 is 19.7 Å². The molecule has 13 heteroatoms. The summed E-state index contributed by atoms with van der Waals surface area (Å²) in [6.07, 6.45) is 0.604. The zero-order chi connectivity index (χ0) is 35.8. The molecule has 0 bridgehead atoms. The molecule has 270 valence electrons. The highest BCUT2D eigenvalue weighted by atomic mass is 28.4. The second-order valence-corrected chi connectivity index (χ2v) is 19.1. The van der Waals surface area contributed by atoms with Crippen molar-refractivity contribution in [3.63, 3.8) is 0 Å². The van der Waals surface area contributed by atoms with Crippen LogP contribution in [0.4, 0.5) is 0 Å². The standard InChI is InChI=1S/C21H29NO5Si.C15H15NO5.CH4/c1-20(2,3)28(4,5)27-18-16(23)11-12-21(19(18)25)13-17(24)22(21)26-14-15-9-7-6-8-10-15;17-11-6-7-15(14(20)13(11)19)8-12(18)16(15)21-9-10-4-2-1-3-5-10;/h6-12,18-19,25H,13-14H2,1-5H3;1-7,13-14,19-20H,8-9H2;1H4/t18-,19-,21+;13-,14-,15+;/m11./s1. The molecule has 6 rings (SSSR count). The Morgan fingerprint density at radius 3 is 1.56 bits per heavy atom. The van der Waals surface area contributed by atoms with Crippen molar-refractivity contribution in [3.8, 4) is 0 Å². The SMILES string of the molecule is C.CC(C)(C)[Si](C)(C)O[C@@H]1C(=O)C=C[C@]2(CC(=O)N2OCc2ccccc2)[C@@H]1O.O=C1C=C[C@]2(CC(=O)N2OCc2ccccc2)[C@H](O)[C@@H]1O. The maximum absolute atomic E-state index is 12.5. The van der Waals surface area contributed by atoms with Crippen LogP contribution in [0.15, 0.2) is 85.0 Å². The first kappa shape index (κ1) is 39.0. The predicted octanol–water partition coefficient (Wildman–Crippen LogP) is 3.57. The maximum atomic E-state index is 12.5. The number of amides is 2. The summed E-state index contributed by atoms with van der Waals surface area (Å²) < 4.78 is 6.24. The average molecular weight is 709 g/mol. The first-order valence-electron chi connectivity index (χ1n) is 16.2. The molecular formula is C37H48N2O10Si. The Morgan fingerprint density at radius 1 is 0.720 bits per heavy atom. The number of benzene rings is 2. The van der Waals surface area contributed by atoms with E-state index in [1.807, 2.05) is 73.8 Å². The van der Waals surface area contributed by atoms with Gasteiger partial charge in [0.05, 0.1) is 12.8 Å². The molecule has 0 radical (unpaired) electrons. The minimum absolute atomic E-state index is 0. The number of rotatable bonds is 8. The molecule has 2 amide bonds. The lowest BCUT2D eigenvalue weighted by molar-refractivity contribution is -0.275. The van der Waals surface area contributed by atoms with E-state index in [2.05, 4.69) is 20.8 Å². The molecule has 0 saturated carbocycles. The second-order valence-electron chi connectivity index (χ2n) is 14.3. The van der Waals surface area contributed by atoms with E-state index in [1.165, 1.54) is 23.3 Å². The van der Waals surface area contributed by atoms with Crippen LogP contribution in [0.1, 0.15) is 52.2 Å². The van der Waals surface area contributed by atoms with Gasteiger partial charge in [0.1, 0.15) is 48.7 Å². The van der Waals surface area contributed by atoms with E-state index in [1.54, 1.807) is 6.08 Å². The summed E-state index contributed by atoms with van der Waals surface area (Å²) in [4.78, 5) is 59.1. The summed E-state index contributed by atoms with van der Waals surface area (Å²) in [6.45, 7) is 10.7. The van der Waals surface area contributed by atoms with Gasteiger partial charge in [-0.3, -0.25) is 28.9 Å². The van der Waals surface area contributed by atoms with Crippen LogP contribution in [0.3, 0.4) is 0 Å². The number of carbonyl (C=O) groups is 4. The smallest absolute Gasteiger partial charge is 0.249 e. The Bertz CT molecular complexity index is 1630. The van der Waals surface area contributed by atoms with E-state index in [-0.39, 0.29) is 56.1 Å². The Labute approximate surface area is 294 Å². The van der Waals surface area contributed by atoms with Gasteiger partial charge in [0.25, 0.3) is 0 Å². The fourth-order valence-electron chi connectivity index (χ4n) is 5.87. The minimum Gasteiger partial charge on any atom is -0.404 e. The molecule has 2 heterocycles. The van der Waals surface area contributed by atoms with Crippen LogP contribution in [0.25, 0.3) is 0 Å². The van der Waals surface area contributed by atoms with Crippen LogP contribution in [-0.4, -0.2) is 92.6 Å². The molecule has 2 spiro atoms. The molecule has 0 unspecified atom stereocenters. The molecule has 0 aromatic heterocycles. The van der Waals surface area contributed by atoms with Crippen molar-refractivity contribution in [2.75, 3.05) is 0 Å². The maximum Gasteiger partial charge on any atom is 0.249 e. The van der Waals surface area contributed by atoms with Crippen LogP contribution in [-0.2, 0) is 46.5 Å². The van der Waals surface area contributed by atoms with Crippen LogP contribution < -0.4 is 0 Å². The number of aliphatic hydroxyl groups is 3. The third-order valence-electron chi connectivity index (χ3n) is 9.97. The summed E-state index contributed by atoms with van der Waals surface area (Å²) in [5, 5.41) is 33.0. The molecule has 2 fully saturated rings. The Morgan fingerprint density at radius 2 is 1.14 bits per heavy atom. The Balaban J connectivity index is 0.000000229. The number of nitrogens with zero attached hydrogens (tertiary/aromatic N) is 2. The number of hydroxylamine groups is 4. The van der Waals surface area contributed by atoms with Crippen molar-refractivity contribution in [2.24, 2.45) is 0 Å². The monoisotopic (exact) mass is 708 g/mol. The van der Waals surface area contributed by atoms with Gasteiger partial charge in [-0.05, 0) is 53.6 Å². The Kier molecular flexibility index (Phi) is 11.5. The number of carbonyl (C=O) groups excluding carboxylic acids is 4. The number of β-lactam (4-membered cyclic amide) rings is 2. The van der Waals surface area contributed by atoms with Gasteiger partial charge in [-0.2, -0.15) is 0 Å². The third-order valence-corrected chi connectivity index (χ3v) is 14.4. The predicted molar refractivity (Wildman–Crippen MR) is 186 cm³/mol. The minimum atomic E-state index is -2.30. The zero-order valence-electron chi connectivity index (χ0n) is 28.3. The van der Waals surface area contributed by atoms with Gasteiger partial charge >= 0.3 is 0 Å². The largest absolute Gasteiger partial charge is 0.404 e. The fourth-order valence-corrected chi connectivity index (χ4v) is 7.11. The number of ketones is 2. The van der Waals surface area contributed by atoms with Gasteiger partial charge in [0.2, 0.25) is 11.8 Å². The van der Waals surface area contributed by atoms with Gasteiger partial charge in [0, 0.05) is 0 Å². The highest BCUT2D eigenvalue weighted by Gasteiger charge is 2.62. The summed E-state index contributed by atoms with van der Waals surface area (Å²) in [5.41, 5.74) is -0.429. The van der Waals surface area contributed by atoms with Crippen molar-refractivity contribution >= 4 is 31.7 Å². The fraction of sp³-hybridized carbons (Fsp3) is 0.459. The quantitative estimate of drug-likeness (QED) is 0.273. The summed E-state index contributed by atoms with van der Waals surface area (Å²) >= 11 is 0. The van der Waals surface area contributed by atoms with Gasteiger partial charge in [0.15, 0.2) is 19.9 Å². The van der Waals surface area contributed by atoms with E-state index in [4.69, 9.17) is 14.1 Å². The van der Waals surface area contributed by atoms with Gasteiger partial charge in [-0.1, -0.05) is 88.9 Å². The lowest BCUT2D eigenvalue weighted by Crippen LogP contribution is -2.73. The highest BCUT2D eigenvalue weighted by molar-refractivity contribution is 6.74. The summed E-state index contributed by atoms with van der Waals surface area (Å²) in [6, 6.07) is 18.8. The van der Waals surface area contributed by atoms with Crippen molar-refractivity contribution in [1.82, 2.24) is 10.1 Å². The lowest BCUT2D eigenvalue weighted by atomic mass is 9.74. The van der Waals surface area contributed by atoms with Crippen LogP contribution in [0.2, 0.25) is 18.1 Å². The normalized spacial score (nSPS) is 29.0. The van der Waals surface area contributed by atoms with Crippen molar-refractivity contribution in [3.05, 3.63) is 96.1 Å². The lowest BCUT2D eigenvalue weighted by Gasteiger charge is -2.54. The molecule has 2 aromatic rings. The molecule has 2 aliphatic carbocycles. The van der Waals surface area contributed by atoms with Crippen molar-refractivity contribution < 1.29 is 48.6 Å². The molecule has 12 nitrogen and oxygen atoms in total. The molecule has 50 heavy (non-hydrogen) atoms. The van der Waals surface area contributed by atoms with E-state index in [0.717, 1.165) is 16.2 Å². The molecule has 2 aromatic carbocycles. The highest BCUT2D eigenvalue weighted by Crippen LogP contribution is 2.44. The second kappa shape index (κ2) is 14.8. The van der Waals surface area contributed by atoms with Gasteiger partial charge in [-0.15, -0.1) is 0 Å². The van der Waals surface area contributed by atoms with Crippen molar-refractivity contribution in [2.45, 2.75) is 108 Å². The zero-order valence-corrected chi connectivity index (χ0v) is 29.3. The molecule has 3 N–H and O–H groups in total. The summed E-state index contributed by atoms with van der Waals surface area (Å²) in [7, 11) is -2.30. The van der Waals surface area contributed by atoms with Crippen molar-refractivity contribution in [1.29, 1.82) is 0 Å². The number of hydrogen-bond donors (Lipinski definition) is 3. The first-order chi connectivity index (χ1) is 23.0. The first-order valence-corrected chi connectivity index (χ1v) is 19.1. The molecule has 2 aliphatic heterocycles. The summed E-state index contributed by atoms with van der Waals surface area (Å²) in [5.74, 6) is -1.36. The third kappa shape index (κ3) is 7.31. The number of hydrogen-bond acceptors (Lipinski definition) is 10. The van der Waals surface area contributed by atoms with Gasteiger partial charge in [-0.25, -0.2) is 10.1 Å². The number of aliphatic hydroxyl groups excluding tert-OH is 3. The average Bonchev–Trinajstić information content (AvgIpc) is 3.05. The van der Waals surface area contributed by atoms with Crippen LogP contribution in [0.5, 0.6) is 0 Å². The molecular weight excluding hydrogens is 660 g/mol. The van der Waals surface area contributed by atoms with E-state index in [9.17, 15) is 34.5 Å².